The molecule has 0 spiro atoms. The Kier molecular flexibility index (Phi) is 8.02. The summed E-state index contributed by atoms with van der Waals surface area (Å²) >= 11 is 5.97. The van der Waals surface area contributed by atoms with Crippen molar-refractivity contribution in [2.75, 3.05) is 4.90 Å². The van der Waals surface area contributed by atoms with E-state index in [0.29, 0.717) is 17.0 Å². The van der Waals surface area contributed by atoms with Crippen molar-refractivity contribution >= 4 is 23.1 Å². The minimum Gasteiger partial charge on any atom is -0.489 e. The Balaban J connectivity index is 1.71. The number of carbonyl (C=O) groups is 1. The minimum atomic E-state index is -4.79. The molecule has 0 fully saturated rings. The van der Waals surface area contributed by atoms with E-state index in [2.05, 4.69) is 6.07 Å². The number of nitrogens with two attached hydrogens (primary N) is 1. The van der Waals surface area contributed by atoms with Gasteiger partial charge in [0.2, 0.25) is 0 Å². The van der Waals surface area contributed by atoms with E-state index in [1.807, 2.05) is 39.8 Å². The van der Waals surface area contributed by atoms with Crippen LogP contribution in [0, 0.1) is 36.4 Å². The van der Waals surface area contributed by atoms with E-state index < -0.39 is 28.9 Å². The van der Waals surface area contributed by atoms with Crippen LogP contribution >= 0.6 is 11.6 Å². The summed E-state index contributed by atoms with van der Waals surface area (Å²) in [7, 11) is 0. The van der Waals surface area contributed by atoms with Crippen LogP contribution in [0.3, 0.4) is 0 Å². The van der Waals surface area contributed by atoms with Crippen LogP contribution in [0.25, 0.3) is 0 Å². The molecule has 1 unspecified atom stereocenters. The number of ether oxygens (including phenoxy) is 1. The van der Waals surface area contributed by atoms with Gasteiger partial charge in [0.15, 0.2) is 5.78 Å². The third-order valence-corrected chi connectivity index (χ3v) is 8.34. The predicted octanol–water partition coefficient (Wildman–Crippen LogP) is 8.63. The molecule has 5 nitrogen and oxygen atoms in total. The largest absolute Gasteiger partial charge is 0.489 e. The highest BCUT2D eigenvalue weighted by molar-refractivity contribution is 6.30. The van der Waals surface area contributed by atoms with Crippen molar-refractivity contribution in [1.29, 1.82) is 5.26 Å². The second kappa shape index (κ2) is 11.3. The van der Waals surface area contributed by atoms with Crippen molar-refractivity contribution in [3.8, 4) is 11.8 Å². The van der Waals surface area contributed by atoms with Gasteiger partial charge in [0.05, 0.1) is 28.8 Å². The number of carbonyl (C=O) groups excluding carboxylic acids is 1. The fourth-order valence-corrected chi connectivity index (χ4v) is 6.30. The first-order valence-corrected chi connectivity index (χ1v) is 14.3. The third kappa shape index (κ3) is 5.79. The number of benzene rings is 3. The number of Topliss-reactive ketones (excluding diaryl/α,β-unsaturated/α-hetero) is 1. The van der Waals surface area contributed by atoms with E-state index >= 15 is 0 Å². The lowest BCUT2D eigenvalue weighted by Crippen LogP contribution is -2.42. The van der Waals surface area contributed by atoms with Crippen LogP contribution in [0.5, 0.6) is 5.75 Å². The van der Waals surface area contributed by atoms with Gasteiger partial charge >= 0.3 is 6.18 Å². The van der Waals surface area contributed by atoms with Gasteiger partial charge in [0, 0.05) is 22.7 Å². The summed E-state index contributed by atoms with van der Waals surface area (Å²) in [6.07, 6.45) is -4.39. The SMILES string of the molecule is Cc1cc(COc2ccc(F)cc2)c(C)c(C2C(C#N)=C(N)N(c3ccc(Cl)cc3C(F)(F)F)C3=C2C(=O)CC(C)(C)C3)c1. The van der Waals surface area contributed by atoms with E-state index in [-0.39, 0.29) is 52.9 Å². The summed E-state index contributed by atoms with van der Waals surface area (Å²) in [5.74, 6) is -1.28. The predicted molar refractivity (Wildman–Crippen MR) is 160 cm³/mol. The smallest absolute Gasteiger partial charge is 0.418 e. The maximum Gasteiger partial charge on any atom is 0.418 e. The normalized spacial score (nSPS) is 18.3. The number of halogens is 5. The van der Waals surface area contributed by atoms with Crippen LogP contribution < -0.4 is 15.4 Å². The standard InChI is InChI=1S/C34H30ClF4N3O2/c1-18-11-20(17-44-23-8-6-22(36)7-9-23)19(2)24(12-18)30-25(16-40)32(41)42(28-14-33(3,4)15-29(43)31(28)30)27-10-5-21(35)13-26(27)34(37,38)39/h5-13,30H,14-15,17,41H2,1-4H3. The number of nitriles is 1. The van der Waals surface area contributed by atoms with Crippen molar-refractivity contribution in [2.24, 2.45) is 11.1 Å². The van der Waals surface area contributed by atoms with Gasteiger partial charge in [0.25, 0.3) is 0 Å². The van der Waals surface area contributed by atoms with Gasteiger partial charge in [-0.25, -0.2) is 4.39 Å². The van der Waals surface area contributed by atoms with Crippen LogP contribution in [-0.4, -0.2) is 5.78 Å². The molecule has 0 bridgehead atoms. The van der Waals surface area contributed by atoms with Crippen LogP contribution in [0.15, 0.2) is 77.3 Å². The number of aryl methyl sites for hydroxylation is 1. The van der Waals surface area contributed by atoms with Crippen LogP contribution in [-0.2, 0) is 17.6 Å². The van der Waals surface area contributed by atoms with Crippen LogP contribution in [0.1, 0.15) is 60.4 Å². The molecule has 0 saturated heterocycles. The van der Waals surface area contributed by atoms with E-state index in [0.717, 1.165) is 22.8 Å². The maximum absolute atomic E-state index is 14.3. The summed E-state index contributed by atoms with van der Waals surface area (Å²) < 4.78 is 62.3. The molecule has 0 saturated carbocycles. The summed E-state index contributed by atoms with van der Waals surface area (Å²) in [5.41, 5.74) is 8.23. The van der Waals surface area contributed by atoms with Gasteiger partial charge in [-0.2, -0.15) is 18.4 Å². The first-order chi connectivity index (χ1) is 20.6. The molecular weight excluding hydrogens is 594 g/mol. The third-order valence-electron chi connectivity index (χ3n) is 8.10. The van der Waals surface area contributed by atoms with Crippen molar-refractivity contribution < 1.29 is 27.1 Å². The molecule has 10 heteroatoms. The summed E-state index contributed by atoms with van der Waals surface area (Å²) in [6, 6.07) is 14.9. The van der Waals surface area contributed by atoms with Crippen LogP contribution in [0.4, 0.5) is 23.2 Å². The lowest BCUT2D eigenvalue weighted by atomic mass is 9.67. The van der Waals surface area contributed by atoms with Gasteiger partial charge in [-0.3, -0.25) is 9.69 Å². The number of anilines is 1. The molecule has 0 aromatic heterocycles. The lowest BCUT2D eigenvalue weighted by Gasteiger charge is -2.44. The molecule has 0 amide bonds. The number of hydrogen-bond acceptors (Lipinski definition) is 5. The van der Waals surface area contributed by atoms with Gasteiger partial charge in [-0.05, 0) is 84.8 Å². The number of nitrogens with zero attached hydrogens (tertiary/aromatic N) is 2. The zero-order valence-electron chi connectivity index (χ0n) is 24.6. The second-order valence-corrected chi connectivity index (χ2v) is 12.5. The molecule has 1 atom stereocenters. The molecule has 5 rings (SSSR count). The monoisotopic (exact) mass is 623 g/mol. The average molecular weight is 624 g/mol. The lowest BCUT2D eigenvalue weighted by molar-refractivity contribution is -0.137. The number of rotatable bonds is 5. The Hall–Kier alpha value is -4.29. The number of alkyl halides is 3. The zero-order chi connectivity index (χ0) is 32.1. The van der Waals surface area contributed by atoms with Gasteiger partial charge in [-0.1, -0.05) is 43.1 Å². The summed E-state index contributed by atoms with van der Waals surface area (Å²) in [6.45, 7) is 7.57. The Morgan fingerprint density at radius 1 is 1.09 bits per heavy atom. The highest BCUT2D eigenvalue weighted by Crippen LogP contribution is 2.52. The molecule has 2 N–H and O–H groups in total. The van der Waals surface area contributed by atoms with E-state index in [4.69, 9.17) is 22.1 Å². The molecule has 228 valence electrons. The van der Waals surface area contributed by atoms with E-state index in [1.54, 1.807) is 0 Å². The number of allylic oxidation sites excluding steroid dienone is 3. The topological polar surface area (TPSA) is 79.3 Å². The fourth-order valence-electron chi connectivity index (χ4n) is 6.13. The zero-order valence-corrected chi connectivity index (χ0v) is 25.3. The molecule has 1 aliphatic carbocycles. The molecular formula is C34H30ClF4N3O2. The Bertz CT molecular complexity index is 1770. The molecule has 1 aliphatic heterocycles. The first kappa shape index (κ1) is 31.1. The summed E-state index contributed by atoms with van der Waals surface area (Å²) in [4.78, 5) is 15.2. The van der Waals surface area contributed by atoms with Crippen molar-refractivity contribution in [3.63, 3.8) is 0 Å². The van der Waals surface area contributed by atoms with Gasteiger partial charge in [-0.15, -0.1) is 0 Å². The number of ketones is 1. The summed E-state index contributed by atoms with van der Waals surface area (Å²) in [5, 5.41) is 10.4. The Labute approximate surface area is 258 Å². The Morgan fingerprint density at radius 2 is 1.77 bits per heavy atom. The molecule has 2 aliphatic rings. The van der Waals surface area contributed by atoms with Gasteiger partial charge < -0.3 is 10.5 Å². The quantitative estimate of drug-likeness (QED) is 0.288. The number of hydrogen-bond donors (Lipinski definition) is 1. The Morgan fingerprint density at radius 3 is 2.41 bits per heavy atom. The second-order valence-electron chi connectivity index (χ2n) is 12.0. The highest BCUT2D eigenvalue weighted by Gasteiger charge is 2.47. The van der Waals surface area contributed by atoms with Crippen molar-refractivity contribution in [1.82, 2.24) is 0 Å². The molecule has 0 radical (unpaired) electrons. The van der Waals surface area contributed by atoms with Crippen LogP contribution in [0.2, 0.25) is 5.02 Å². The molecule has 1 heterocycles. The highest BCUT2D eigenvalue weighted by atomic mass is 35.5. The average Bonchev–Trinajstić information content (AvgIpc) is 2.93. The van der Waals surface area contributed by atoms with E-state index in [9.17, 15) is 27.6 Å². The maximum atomic E-state index is 14.3. The molecule has 3 aromatic rings. The van der Waals surface area contributed by atoms with Gasteiger partial charge in [0.1, 0.15) is 24.0 Å². The van der Waals surface area contributed by atoms with Crippen molar-refractivity contribution in [3.05, 3.63) is 116 Å². The minimum absolute atomic E-state index is 0.0287. The fraction of sp³-hybridized carbons (Fsp3) is 0.294. The molecule has 44 heavy (non-hydrogen) atoms. The van der Waals surface area contributed by atoms with E-state index in [1.165, 1.54) is 41.3 Å². The molecule has 3 aromatic carbocycles. The van der Waals surface area contributed by atoms with Crippen molar-refractivity contribution in [2.45, 2.75) is 59.2 Å². The first-order valence-electron chi connectivity index (χ1n) is 13.9.